The molecule has 1 aromatic heterocycles. The number of halogens is 1. The first-order valence-electron chi connectivity index (χ1n) is 10.8. The average molecular weight is 446 g/mol. The third-order valence-corrected chi connectivity index (χ3v) is 6.14. The number of hydrogen-bond donors (Lipinski definition) is 0. The Hall–Kier alpha value is -3.31. The van der Waals surface area contributed by atoms with Gasteiger partial charge < -0.3 is 14.2 Å². The predicted octanol–water partition coefficient (Wildman–Crippen LogP) is 5.60. The smallest absolute Gasteiger partial charge is 0.227 e. The number of imidazole rings is 1. The Morgan fingerprint density at radius 3 is 2.69 bits per heavy atom. The molecule has 32 heavy (non-hydrogen) atoms. The highest BCUT2D eigenvalue weighted by Gasteiger charge is 2.34. The van der Waals surface area contributed by atoms with E-state index in [0.717, 1.165) is 28.3 Å². The number of aryl methyl sites for hydroxylation is 1. The van der Waals surface area contributed by atoms with E-state index in [-0.39, 0.29) is 11.8 Å². The molecule has 0 radical (unpaired) electrons. The van der Waals surface area contributed by atoms with E-state index in [9.17, 15) is 4.79 Å². The molecular formula is C26H24ClN3O2. The number of para-hydroxylation sites is 2. The highest BCUT2D eigenvalue weighted by atomic mass is 35.5. The summed E-state index contributed by atoms with van der Waals surface area (Å²) in [5.41, 5.74) is 4.04. The lowest BCUT2D eigenvalue weighted by molar-refractivity contribution is -0.117. The summed E-state index contributed by atoms with van der Waals surface area (Å²) in [5.74, 6) is 1.92. The van der Waals surface area contributed by atoms with E-state index >= 15 is 0 Å². The van der Waals surface area contributed by atoms with Crippen molar-refractivity contribution < 1.29 is 9.53 Å². The molecule has 5 nitrogen and oxygen atoms in total. The molecule has 1 unspecified atom stereocenters. The summed E-state index contributed by atoms with van der Waals surface area (Å²) in [6.07, 6.45) is 0.435. The first kappa shape index (κ1) is 20.6. The number of carbonyl (C=O) groups excluding carboxylic acids is 1. The van der Waals surface area contributed by atoms with Gasteiger partial charge in [0.15, 0.2) is 0 Å². The zero-order valence-corrected chi connectivity index (χ0v) is 18.6. The summed E-state index contributed by atoms with van der Waals surface area (Å²) < 4.78 is 8.21. The average Bonchev–Trinajstić information content (AvgIpc) is 3.35. The van der Waals surface area contributed by atoms with Gasteiger partial charge in [0, 0.05) is 29.6 Å². The number of amides is 1. The first-order valence-corrected chi connectivity index (χ1v) is 11.2. The number of anilines is 1. The number of fused-ring (bicyclic) bond motifs is 1. The van der Waals surface area contributed by atoms with Crippen LogP contribution >= 0.6 is 11.6 Å². The van der Waals surface area contributed by atoms with Crippen LogP contribution in [0.15, 0.2) is 72.8 Å². The molecule has 1 aliphatic heterocycles. The van der Waals surface area contributed by atoms with Crippen molar-refractivity contribution in [1.82, 2.24) is 9.55 Å². The van der Waals surface area contributed by atoms with Gasteiger partial charge in [0.25, 0.3) is 0 Å². The van der Waals surface area contributed by atoms with Gasteiger partial charge in [-0.15, -0.1) is 0 Å². The van der Waals surface area contributed by atoms with Crippen molar-refractivity contribution >= 4 is 34.2 Å². The number of nitrogens with zero attached hydrogens (tertiary/aromatic N) is 3. The monoisotopic (exact) mass is 445 g/mol. The van der Waals surface area contributed by atoms with Crippen molar-refractivity contribution in [2.24, 2.45) is 0 Å². The van der Waals surface area contributed by atoms with E-state index in [1.54, 1.807) is 0 Å². The minimum atomic E-state index is 0.0181. The summed E-state index contributed by atoms with van der Waals surface area (Å²) in [6.45, 7) is 3.84. The van der Waals surface area contributed by atoms with Crippen molar-refractivity contribution in [2.45, 2.75) is 25.8 Å². The predicted molar refractivity (Wildman–Crippen MR) is 128 cm³/mol. The van der Waals surface area contributed by atoms with Crippen molar-refractivity contribution in [1.29, 1.82) is 0 Å². The molecule has 0 aliphatic carbocycles. The van der Waals surface area contributed by atoms with E-state index < -0.39 is 0 Å². The highest BCUT2D eigenvalue weighted by Crippen LogP contribution is 2.33. The summed E-state index contributed by atoms with van der Waals surface area (Å²) in [7, 11) is 0. The van der Waals surface area contributed by atoms with Crippen molar-refractivity contribution in [3.05, 3.63) is 89.2 Å². The van der Waals surface area contributed by atoms with Gasteiger partial charge in [-0.1, -0.05) is 35.9 Å². The lowest BCUT2D eigenvalue weighted by atomic mass is 10.1. The SMILES string of the molecule is Cc1cccc(OCCn2c(C3CC(=O)N(c4ccc(Cl)cc4)C3)nc3ccccc32)c1. The number of ether oxygens (including phenoxy) is 1. The largest absolute Gasteiger partial charge is 0.492 e. The fourth-order valence-electron chi connectivity index (χ4n) is 4.35. The summed E-state index contributed by atoms with van der Waals surface area (Å²) in [6, 6.07) is 23.6. The molecule has 6 heteroatoms. The Bertz CT molecular complexity index is 1270. The van der Waals surface area contributed by atoms with Gasteiger partial charge in [0.05, 0.1) is 17.6 Å². The van der Waals surface area contributed by atoms with Gasteiger partial charge in [-0.05, 0) is 61.0 Å². The van der Waals surface area contributed by atoms with Crippen LogP contribution in [0.1, 0.15) is 23.7 Å². The van der Waals surface area contributed by atoms with Crippen molar-refractivity contribution in [3.8, 4) is 5.75 Å². The Kier molecular flexibility index (Phi) is 5.58. The van der Waals surface area contributed by atoms with E-state index in [1.165, 1.54) is 5.56 Å². The molecule has 0 saturated carbocycles. The minimum Gasteiger partial charge on any atom is -0.492 e. The minimum absolute atomic E-state index is 0.0181. The zero-order chi connectivity index (χ0) is 22.1. The summed E-state index contributed by atoms with van der Waals surface area (Å²) >= 11 is 6.02. The molecule has 2 heterocycles. The normalized spacial score (nSPS) is 16.1. The van der Waals surface area contributed by atoms with Crippen LogP contribution in [0.5, 0.6) is 5.75 Å². The molecule has 0 spiro atoms. The second-order valence-corrected chi connectivity index (χ2v) is 8.59. The zero-order valence-electron chi connectivity index (χ0n) is 17.9. The van der Waals surface area contributed by atoms with E-state index in [4.69, 9.17) is 21.3 Å². The molecule has 162 valence electrons. The Morgan fingerprint density at radius 2 is 1.88 bits per heavy atom. The third kappa shape index (κ3) is 4.08. The standard InChI is InChI=1S/C26H24ClN3O2/c1-18-5-4-6-22(15-18)32-14-13-29-24-8-3-2-7-23(24)28-26(29)19-16-25(31)30(17-19)21-11-9-20(27)10-12-21/h2-12,15,19H,13-14,16-17H2,1H3. The number of carbonyl (C=O) groups is 1. The molecule has 1 fully saturated rings. The van der Waals surface area contributed by atoms with Crippen LogP contribution in [0, 0.1) is 6.92 Å². The lowest BCUT2D eigenvalue weighted by Crippen LogP contribution is -2.24. The molecular weight excluding hydrogens is 422 g/mol. The number of hydrogen-bond acceptors (Lipinski definition) is 3. The van der Waals surface area contributed by atoms with Crippen molar-refractivity contribution in [3.63, 3.8) is 0 Å². The summed E-state index contributed by atoms with van der Waals surface area (Å²) in [5, 5.41) is 0.660. The van der Waals surface area contributed by atoms with Crippen LogP contribution in [-0.2, 0) is 11.3 Å². The molecule has 5 rings (SSSR count). The second kappa shape index (κ2) is 8.67. The van der Waals surface area contributed by atoms with Crippen LogP contribution in [0.25, 0.3) is 11.0 Å². The molecule has 1 saturated heterocycles. The van der Waals surface area contributed by atoms with Gasteiger partial charge in [-0.2, -0.15) is 0 Å². The van der Waals surface area contributed by atoms with Gasteiger partial charge in [0.1, 0.15) is 18.2 Å². The first-order chi connectivity index (χ1) is 15.6. The van der Waals surface area contributed by atoms with E-state index in [2.05, 4.69) is 23.6 Å². The van der Waals surface area contributed by atoms with Crippen LogP contribution < -0.4 is 9.64 Å². The molecule has 4 aromatic rings. The van der Waals surface area contributed by atoms with E-state index in [0.29, 0.717) is 31.1 Å². The van der Waals surface area contributed by atoms with Crippen molar-refractivity contribution in [2.75, 3.05) is 18.1 Å². The van der Waals surface area contributed by atoms with Crippen LogP contribution in [0.4, 0.5) is 5.69 Å². The van der Waals surface area contributed by atoms with E-state index in [1.807, 2.05) is 65.6 Å². The molecule has 0 N–H and O–H groups in total. The highest BCUT2D eigenvalue weighted by molar-refractivity contribution is 6.30. The number of aromatic nitrogens is 2. The lowest BCUT2D eigenvalue weighted by Gasteiger charge is -2.17. The van der Waals surface area contributed by atoms with Gasteiger partial charge >= 0.3 is 0 Å². The Morgan fingerprint density at radius 1 is 1.06 bits per heavy atom. The number of benzene rings is 3. The van der Waals surface area contributed by atoms with Gasteiger partial charge in [-0.25, -0.2) is 4.98 Å². The fourth-order valence-corrected chi connectivity index (χ4v) is 4.48. The topological polar surface area (TPSA) is 47.4 Å². The fraction of sp³-hybridized carbons (Fsp3) is 0.231. The maximum absolute atomic E-state index is 12.8. The summed E-state index contributed by atoms with van der Waals surface area (Å²) in [4.78, 5) is 19.6. The maximum atomic E-state index is 12.8. The number of rotatable bonds is 6. The second-order valence-electron chi connectivity index (χ2n) is 8.16. The van der Waals surface area contributed by atoms with Gasteiger partial charge in [0.2, 0.25) is 5.91 Å². The molecule has 1 amide bonds. The maximum Gasteiger partial charge on any atom is 0.227 e. The Labute approximate surface area is 192 Å². The third-order valence-electron chi connectivity index (χ3n) is 5.89. The molecule has 1 aliphatic rings. The van der Waals surface area contributed by atoms with Crippen LogP contribution in [-0.4, -0.2) is 28.6 Å². The van der Waals surface area contributed by atoms with Gasteiger partial charge in [-0.3, -0.25) is 4.79 Å². The van der Waals surface area contributed by atoms with Crippen LogP contribution in [0.3, 0.4) is 0 Å². The quantitative estimate of drug-likeness (QED) is 0.388. The molecule has 3 aromatic carbocycles. The molecule has 0 bridgehead atoms. The Balaban J connectivity index is 1.40. The van der Waals surface area contributed by atoms with Crippen LogP contribution in [0.2, 0.25) is 5.02 Å². The molecule has 1 atom stereocenters.